The zero-order chi connectivity index (χ0) is 18.7. The van der Waals surface area contributed by atoms with Crippen LogP contribution in [0, 0.1) is 17.5 Å². The summed E-state index contributed by atoms with van der Waals surface area (Å²) in [6.45, 7) is -0.494. The number of hydrogen-bond donors (Lipinski definition) is 2. The van der Waals surface area contributed by atoms with Crippen LogP contribution in [-0.4, -0.2) is 23.3 Å². The third-order valence-corrected chi connectivity index (χ3v) is 3.55. The fraction of sp³-hybridized carbons (Fsp3) is 0.0556. The fourth-order valence-electron chi connectivity index (χ4n) is 2.26. The number of amides is 2. The van der Waals surface area contributed by atoms with Crippen LogP contribution in [0.5, 0.6) is 0 Å². The second-order valence-electron chi connectivity index (χ2n) is 5.34. The van der Waals surface area contributed by atoms with E-state index in [1.807, 2.05) is 12.1 Å². The van der Waals surface area contributed by atoms with Crippen LogP contribution in [0.25, 0.3) is 10.9 Å². The Morgan fingerprint density at radius 2 is 1.69 bits per heavy atom. The average Bonchev–Trinajstić information content (AvgIpc) is 2.66. The lowest BCUT2D eigenvalue weighted by Crippen LogP contribution is -2.33. The van der Waals surface area contributed by atoms with Gasteiger partial charge in [0.15, 0.2) is 17.5 Å². The largest absolute Gasteiger partial charge is 0.342 e. The third-order valence-electron chi connectivity index (χ3n) is 3.55. The van der Waals surface area contributed by atoms with Gasteiger partial charge in [-0.05, 0) is 24.3 Å². The first kappa shape index (κ1) is 17.4. The van der Waals surface area contributed by atoms with Gasteiger partial charge in [0.25, 0.3) is 5.91 Å². The Bertz CT molecular complexity index is 1010. The molecule has 2 aromatic carbocycles. The first-order valence-corrected chi connectivity index (χ1v) is 7.53. The van der Waals surface area contributed by atoms with Crippen LogP contribution in [-0.2, 0) is 4.79 Å². The summed E-state index contributed by atoms with van der Waals surface area (Å²) in [5.74, 6) is -5.97. The zero-order valence-corrected chi connectivity index (χ0v) is 13.2. The molecule has 1 aromatic heterocycles. The van der Waals surface area contributed by atoms with Crippen molar-refractivity contribution in [2.24, 2.45) is 0 Å². The quantitative estimate of drug-likeness (QED) is 0.704. The van der Waals surface area contributed by atoms with Crippen molar-refractivity contribution < 1.29 is 22.8 Å². The molecule has 0 saturated carbocycles. The number of fused-ring (bicyclic) bond motifs is 1. The summed E-state index contributed by atoms with van der Waals surface area (Å²) >= 11 is 0. The van der Waals surface area contributed by atoms with Crippen molar-refractivity contribution in [2.75, 3.05) is 11.9 Å². The van der Waals surface area contributed by atoms with Gasteiger partial charge in [0, 0.05) is 5.39 Å². The second kappa shape index (κ2) is 7.22. The summed E-state index contributed by atoms with van der Waals surface area (Å²) in [5.41, 5.74) is 0.205. The Morgan fingerprint density at radius 1 is 0.923 bits per heavy atom. The molecule has 0 fully saturated rings. The van der Waals surface area contributed by atoms with Crippen LogP contribution in [0.2, 0.25) is 0 Å². The Hall–Kier alpha value is -3.42. The van der Waals surface area contributed by atoms with E-state index in [2.05, 4.69) is 15.6 Å². The summed E-state index contributed by atoms with van der Waals surface area (Å²) in [4.78, 5) is 28.0. The Kier molecular flexibility index (Phi) is 4.83. The van der Waals surface area contributed by atoms with Crippen LogP contribution in [0.1, 0.15) is 10.5 Å². The normalized spacial score (nSPS) is 10.6. The molecular formula is C18H12F3N3O2. The van der Waals surface area contributed by atoms with E-state index in [9.17, 15) is 22.8 Å². The topological polar surface area (TPSA) is 71.1 Å². The van der Waals surface area contributed by atoms with E-state index in [-0.39, 0.29) is 5.69 Å². The van der Waals surface area contributed by atoms with Gasteiger partial charge in [-0.15, -0.1) is 0 Å². The van der Waals surface area contributed by atoms with Gasteiger partial charge in [-0.3, -0.25) is 9.59 Å². The molecule has 0 aliphatic heterocycles. The number of pyridine rings is 1. The van der Waals surface area contributed by atoms with Gasteiger partial charge in [0.1, 0.15) is 5.69 Å². The van der Waals surface area contributed by atoms with Gasteiger partial charge in [-0.25, -0.2) is 18.2 Å². The van der Waals surface area contributed by atoms with Crippen LogP contribution in [0.15, 0.2) is 48.5 Å². The minimum Gasteiger partial charge on any atom is -0.342 e. The lowest BCUT2D eigenvalue weighted by molar-refractivity contribution is -0.115. The predicted molar refractivity (Wildman–Crippen MR) is 89.0 cm³/mol. The number of carbonyl (C=O) groups is 2. The number of carbonyl (C=O) groups excluding carboxylic acids is 2. The highest BCUT2D eigenvalue weighted by Crippen LogP contribution is 2.19. The van der Waals surface area contributed by atoms with E-state index in [4.69, 9.17) is 0 Å². The van der Waals surface area contributed by atoms with Crippen molar-refractivity contribution in [2.45, 2.75) is 0 Å². The van der Waals surface area contributed by atoms with Gasteiger partial charge < -0.3 is 10.6 Å². The number of nitrogens with zero attached hydrogens (tertiary/aromatic N) is 1. The van der Waals surface area contributed by atoms with E-state index < -0.39 is 41.5 Å². The molecule has 0 bridgehead atoms. The van der Waals surface area contributed by atoms with Crippen LogP contribution in [0.4, 0.5) is 18.9 Å². The van der Waals surface area contributed by atoms with E-state index >= 15 is 0 Å². The molecule has 5 nitrogen and oxygen atoms in total. The molecule has 132 valence electrons. The minimum atomic E-state index is -1.69. The number of para-hydroxylation sites is 1. The predicted octanol–water partition coefficient (Wildman–Crippen LogP) is 3.02. The van der Waals surface area contributed by atoms with Gasteiger partial charge in [-0.2, -0.15) is 0 Å². The Labute approximate surface area is 145 Å². The van der Waals surface area contributed by atoms with Gasteiger partial charge in [-0.1, -0.05) is 24.3 Å². The molecule has 2 N–H and O–H groups in total. The van der Waals surface area contributed by atoms with Crippen LogP contribution >= 0.6 is 0 Å². The van der Waals surface area contributed by atoms with Crippen molar-refractivity contribution >= 4 is 28.4 Å². The number of halogens is 3. The molecule has 0 aliphatic rings. The summed E-state index contributed by atoms with van der Waals surface area (Å²) in [7, 11) is 0. The monoisotopic (exact) mass is 359 g/mol. The lowest BCUT2D eigenvalue weighted by Gasteiger charge is -2.08. The van der Waals surface area contributed by atoms with Crippen molar-refractivity contribution in [1.29, 1.82) is 0 Å². The molecule has 0 unspecified atom stereocenters. The summed E-state index contributed by atoms with van der Waals surface area (Å²) in [6, 6.07) is 12.0. The molecule has 0 aliphatic carbocycles. The second-order valence-corrected chi connectivity index (χ2v) is 5.34. The highest BCUT2D eigenvalue weighted by atomic mass is 19.2. The SMILES string of the molecule is O=C(CNC(=O)c1ccc2ccccc2n1)Nc1ccc(F)c(F)c1F. The van der Waals surface area contributed by atoms with E-state index in [0.29, 0.717) is 11.6 Å². The maximum absolute atomic E-state index is 13.5. The number of aromatic nitrogens is 1. The fourth-order valence-corrected chi connectivity index (χ4v) is 2.26. The smallest absolute Gasteiger partial charge is 0.270 e. The van der Waals surface area contributed by atoms with E-state index in [1.165, 1.54) is 6.07 Å². The molecule has 0 radical (unpaired) electrons. The molecule has 8 heteroatoms. The van der Waals surface area contributed by atoms with Crippen molar-refractivity contribution in [3.8, 4) is 0 Å². The van der Waals surface area contributed by atoms with E-state index in [0.717, 1.165) is 11.5 Å². The van der Waals surface area contributed by atoms with Gasteiger partial charge in [0.05, 0.1) is 17.7 Å². The minimum absolute atomic E-state index is 0.107. The van der Waals surface area contributed by atoms with Crippen molar-refractivity contribution in [3.63, 3.8) is 0 Å². The zero-order valence-electron chi connectivity index (χ0n) is 13.2. The molecule has 26 heavy (non-hydrogen) atoms. The van der Waals surface area contributed by atoms with E-state index in [1.54, 1.807) is 18.2 Å². The summed E-state index contributed by atoms with van der Waals surface area (Å²) in [6.07, 6.45) is 0. The first-order valence-electron chi connectivity index (χ1n) is 7.53. The summed E-state index contributed by atoms with van der Waals surface area (Å²) in [5, 5.41) is 5.24. The molecule has 2 amide bonds. The standard InChI is InChI=1S/C18H12F3N3O2/c19-11-6-8-13(17(21)16(11)20)24-15(25)9-22-18(26)14-7-5-10-3-1-2-4-12(10)23-14/h1-8H,9H2,(H,22,26)(H,24,25). The number of anilines is 1. The molecule has 0 spiro atoms. The summed E-state index contributed by atoms with van der Waals surface area (Å²) < 4.78 is 39.5. The first-order chi connectivity index (χ1) is 12.5. The number of nitrogens with one attached hydrogen (secondary N) is 2. The molecule has 3 aromatic rings. The molecule has 0 atom stereocenters. The number of benzene rings is 2. The average molecular weight is 359 g/mol. The molecule has 3 rings (SSSR count). The van der Waals surface area contributed by atoms with Gasteiger partial charge >= 0.3 is 0 Å². The van der Waals surface area contributed by atoms with Crippen LogP contribution in [0.3, 0.4) is 0 Å². The number of rotatable bonds is 4. The maximum atomic E-state index is 13.5. The number of hydrogen-bond acceptors (Lipinski definition) is 3. The molecular weight excluding hydrogens is 347 g/mol. The molecule has 1 heterocycles. The van der Waals surface area contributed by atoms with Crippen LogP contribution < -0.4 is 10.6 Å². The Morgan fingerprint density at radius 3 is 2.50 bits per heavy atom. The Balaban J connectivity index is 1.63. The van der Waals surface area contributed by atoms with Gasteiger partial charge in [0.2, 0.25) is 5.91 Å². The highest BCUT2D eigenvalue weighted by molar-refractivity contribution is 5.99. The van der Waals surface area contributed by atoms with Crippen molar-refractivity contribution in [3.05, 3.63) is 71.7 Å². The third kappa shape index (κ3) is 3.64. The molecule has 0 saturated heterocycles. The maximum Gasteiger partial charge on any atom is 0.270 e. The highest BCUT2D eigenvalue weighted by Gasteiger charge is 2.16. The lowest BCUT2D eigenvalue weighted by atomic mass is 10.2. The van der Waals surface area contributed by atoms with Crippen molar-refractivity contribution in [1.82, 2.24) is 10.3 Å².